The molecule has 0 spiro atoms. The average molecular weight is 427 g/mol. The Morgan fingerprint density at radius 2 is 1.86 bits per heavy atom. The first-order chi connectivity index (χ1) is 13.3. The van der Waals surface area contributed by atoms with Gasteiger partial charge in [0.2, 0.25) is 11.8 Å². The van der Waals surface area contributed by atoms with Crippen LogP contribution < -0.4 is 5.32 Å². The molecule has 1 aliphatic heterocycles. The lowest BCUT2D eigenvalue weighted by atomic mass is 10.1. The molecule has 152 valence electrons. The van der Waals surface area contributed by atoms with Crippen molar-refractivity contribution in [1.29, 1.82) is 0 Å². The molecule has 0 bridgehead atoms. The molecule has 1 aromatic rings. The van der Waals surface area contributed by atoms with Gasteiger partial charge in [-0.15, -0.1) is 11.3 Å². The monoisotopic (exact) mass is 426 g/mol. The van der Waals surface area contributed by atoms with E-state index in [1.54, 1.807) is 20.8 Å². The zero-order chi connectivity index (χ0) is 20.8. The second-order valence-electron chi connectivity index (χ2n) is 5.76. The molecule has 1 aromatic heterocycles. The fourth-order valence-corrected chi connectivity index (χ4v) is 4.45. The highest BCUT2D eigenvalue weighted by Gasteiger charge is 2.30. The smallest absolute Gasteiger partial charge is 0.341 e. The van der Waals surface area contributed by atoms with Crippen LogP contribution in [-0.2, 0) is 23.9 Å². The van der Waals surface area contributed by atoms with Crippen molar-refractivity contribution < 1.29 is 28.7 Å². The summed E-state index contributed by atoms with van der Waals surface area (Å²) < 4.78 is 9.92. The number of hydrogen-bond acceptors (Lipinski definition) is 8. The number of esters is 2. The summed E-state index contributed by atoms with van der Waals surface area (Å²) in [4.78, 5) is 50.6. The normalized spacial score (nSPS) is 15.1. The highest BCUT2D eigenvalue weighted by molar-refractivity contribution is 8.04. The maximum absolute atomic E-state index is 12.5. The summed E-state index contributed by atoms with van der Waals surface area (Å²) in [6, 6.07) is 0. The van der Waals surface area contributed by atoms with Gasteiger partial charge in [0.25, 0.3) is 0 Å². The first-order valence-electron chi connectivity index (χ1n) is 8.67. The maximum Gasteiger partial charge on any atom is 0.341 e. The zero-order valence-electron chi connectivity index (χ0n) is 16.1. The molecule has 0 aromatic carbocycles. The predicted molar refractivity (Wildman–Crippen MR) is 107 cm³/mol. The summed E-state index contributed by atoms with van der Waals surface area (Å²) in [5, 5.41) is 3.44. The van der Waals surface area contributed by atoms with Gasteiger partial charge < -0.3 is 14.8 Å². The third kappa shape index (κ3) is 5.14. The molecule has 1 aliphatic rings. The number of rotatable bonds is 7. The van der Waals surface area contributed by atoms with Crippen LogP contribution in [0.5, 0.6) is 0 Å². The Morgan fingerprint density at radius 3 is 2.50 bits per heavy atom. The molecule has 0 radical (unpaired) electrons. The summed E-state index contributed by atoms with van der Waals surface area (Å²) in [5.41, 5.74) is 1.07. The van der Waals surface area contributed by atoms with Crippen LogP contribution in [0.4, 0.5) is 5.00 Å². The topological polar surface area (TPSA) is 102 Å². The predicted octanol–water partition coefficient (Wildman–Crippen LogP) is 2.46. The number of anilines is 1. The van der Waals surface area contributed by atoms with E-state index in [2.05, 4.69) is 5.32 Å². The van der Waals surface area contributed by atoms with Crippen molar-refractivity contribution in [2.24, 2.45) is 0 Å². The molecule has 2 rings (SSSR count). The van der Waals surface area contributed by atoms with Crippen molar-refractivity contribution in [1.82, 2.24) is 4.90 Å². The van der Waals surface area contributed by atoms with Gasteiger partial charge in [-0.2, -0.15) is 0 Å². The molecule has 10 heteroatoms. The number of nitrogens with zero attached hydrogens (tertiary/aromatic N) is 1. The summed E-state index contributed by atoms with van der Waals surface area (Å²) in [7, 11) is 0. The lowest BCUT2D eigenvalue weighted by Gasteiger charge is -2.16. The van der Waals surface area contributed by atoms with Crippen LogP contribution >= 0.6 is 23.1 Å². The Labute approximate surface area is 171 Å². The van der Waals surface area contributed by atoms with Gasteiger partial charge in [-0.1, -0.05) is 11.8 Å². The Kier molecular flexibility index (Phi) is 7.64. The number of thiophene rings is 1. The largest absolute Gasteiger partial charge is 0.463 e. The first kappa shape index (κ1) is 22.0. The van der Waals surface area contributed by atoms with Crippen molar-refractivity contribution in [3.63, 3.8) is 0 Å². The van der Waals surface area contributed by atoms with Gasteiger partial charge >= 0.3 is 11.9 Å². The Balaban J connectivity index is 2.15. The van der Waals surface area contributed by atoms with E-state index in [9.17, 15) is 19.2 Å². The number of nitrogens with one attached hydrogen (secondary N) is 1. The van der Waals surface area contributed by atoms with Crippen LogP contribution in [0.1, 0.15) is 34.6 Å². The molecule has 28 heavy (non-hydrogen) atoms. The van der Waals surface area contributed by atoms with E-state index in [4.69, 9.17) is 9.47 Å². The molecule has 1 saturated heterocycles. The number of aryl methyl sites for hydroxylation is 1. The van der Waals surface area contributed by atoms with Gasteiger partial charge in [-0.05, 0) is 33.3 Å². The van der Waals surface area contributed by atoms with Crippen LogP contribution in [0.25, 0.3) is 0 Å². The SMILES string of the molecule is CCOC(=O)/C=C1\SCC(=O)N1CC(=O)Nc1sc(C)c(C)c1C(=O)OCC. The van der Waals surface area contributed by atoms with Crippen LogP contribution in [0.2, 0.25) is 0 Å². The Bertz CT molecular complexity index is 830. The molecule has 0 saturated carbocycles. The molecule has 2 amide bonds. The van der Waals surface area contributed by atoms with E-state index in [1.165, 1.54) is 34.1 Å². The number of carbonyl (C=O) groups excluding carboxylic acids is 4. The minimum atomic E-state index is -0.570. The highest BCUT2D eigenvalue weighted by Crippen LogP contribution is 2.33. The van der Waals surface area contributed by atoms with Crippen molar-refractivity contribution in [3.8, 4) is 0 Å². The quantitative estimate of drug-likeness (QED) is 0.528. The van der Waals surface area contributed by atoms with E-state index >= 15 is 0 Å². The zero-order valence-corrected chi connectivity index (χ0v) is 17.8. The van der Waals surface area contributed by atoms with Gasteiger partial charge in [0.1, 0.15) is 11.5 Å². The van der Waals surface area contributed by atoms with Gasteiger partial charge in [0.05, 0.1) is 35.6 Å². The van der Waals surface area contributed by atoms with Crippen LogP contribution in [0, 0.1) is 13.8 Å². The van der Waals surface area contributed by atoms with Crippen molar-refractivity contribution in [2.75, 3.05) is 30.8 Å². The second-order valence-corrected chi connectivity index (χ2v) is 7.98. The second kappa shape index (κ2) is 9.74. The molecule has 8 nitrogen and oxygen atoms in total. The van der Waals surface area contributed by atoms with E-state index in [1.807, 2.05) is 6.92 Å². The number of carbonyl (C=O) groups is 4. The fraction of sp³-hybridized carbons (Fsp3) is 0.444. The van der Waals surface area contributed by atoms with Gasteiger partial charge in [0.15, 0.2) is 0 Å². The van der Waals surface area contributed by atoms with Crippen molar-refractivity contribution >= 4 is 51.9 Å². The lowest BCUT2D eigenvalue weighted by molar-refractivity contribution is -0.137. The lowest BCUT2D eigenvalue weighted by Crippen LogP contribution is -2.34. The number of thioether (sulfide) groups is 1. The van der Waals surface area contributed by atoms with E-state index in [-0.39, 0.29) is 31.4 Å². The third-order valence-corrected chi connectivity index (χ3v) is 6.01. The van der Waals surface area contributed by atoms with Crippen molar-refractivity contribution in [3.05, 3.63) is 27.1 Å². The summed E-state index contributed by atoms with van der Waals surface area (Å²) in [5.74, 6) is -1.68. The van der Waals surface area contributed by atoms with Gasteiger partial charge in [-0.3, -0.25) is 14.5 Å². The average Bonchev–Trinajstić information content (AvgIpc) is 3.09. The minimum absolute atomic E-state index is 0.143. The van der Waals surface area contributed by atoms with Crippen LogP contribution in [0.15, 0.2) is 11.1 Å². The molecule has 1 fully saturated rings. The molecule has 2 heterocycles. The van der Waals surface area contributed by atoms with E-state index < -0.39 is 17.8 Å². The molecule has 0 aliphatic carbocycles. The standard InChI is InChI=1S/C18H22N2O6S2/c1-5-25-15(23)7-14-20(13(22)9-27-14)8-12(21)19-17-16(18(24)26-6-2)10(3)11(4)28-17/h7H,5-6,8-9H2,1-4H3,(H,19,21)/b14-7-. The molecule has 0 atom stereocenters. The fourth-order valence-electron chi connectivity index (χ4n) is 2.46. The number of ether oxygens (including phenoxy) is 2. The van der Waals surface area contributed by atoms with Crippen molar-refractivity contribution in [2.45, 2.75) is 27.7 Å². The Hall–Kier alpha value is -2.33. The summed E-state index contributed by atoms with van der Waals surface area (Å²) in [6.07, 6.45) is 1.20. The Morgan fingerprint density at radius 1 is 1.18 bits per heavy atom. The molecule has 0 unspecified atom stereocenters. The first-order valence-corrected chi connectivity index (χ1v) is 10.5. The summed E-state index contributed by atoms with van der Waals surface area (Å²) >= 11 is 2.44. The third-order valence-electron chi connectivity index (χ3n) is 3.86. The van der Waals surface area contributed by atoms with Crippen LogP contribution in [0.3, 0.4) is 0 Å². The maximum atomic E-state index is 12.5. The highest BCUT2D eigenvalue weighted by atomic mass is 32.2. The minimum Gasteiger partial charge on any atom is -0.463 e. The molecular formula is C18H22N2O6S2. The number of amides is 2. The molecule has 1 N–H and O–H groups in total. The van der Waals surface area contributed by atoms with Gasteiger partial charge in [-0.25, -0.2) is 9.59 Å². The van der Waals surface area contributed by atoms with E-state index in [0.29, 0.717) is 15.6 Å². The van der Waals surface area contributed by atoms with Crippen LogP contribution in [-0.4, -0.2) is 54.2 Å². The van der Waals surface area contributed by atoms with E-state index in [0.717, 1.165) is 10.4 Å². The number of hydrogen-bond donors (Lipinski definition) is 1. The molecular weight excluding hydrogens is 404 g/mol. The van der Waals surface area contributed by atoms with Gasteiger partial charge in [0, 0.05) is 4.88 Å². The summed E-state index contributed by atoms with van der Waals surface area (Å²) in [6.45, 7) is 7.19.